The summed E-state index contributed by atoms with van der Waals surface area (Å²) in [5.41, 5.74) is -0.542. The van der Waals surface area contributed by atoms with Gasteiger partial charge in [0.05, 0.1) is 12.1 Å². The zero-order valence-electron chi connectivity index (χ0n) is 15.0. The van der Waals surface area contributed by atoms with Gasteiger partial charge >= 0.3 is 6.18 Å². The Morgan fingerprint density at radius 2 is 1.97 bits per heavy atom. The largest absolute Gasteiger partial charge is 0.454 e. The Morgan fingerprint density at radius 3 is 2.62 bits per heavy atom. The van der Waals surface area contributed by atoms with E-state index in [1.165, 1.54) is 29.3 Å². The molecule has 0 spiro atoms. The lowest BCUT2D eigenvalue weighted by atomic mass is 9.96. The van der Waals surface area contributed by atoms with E-state index in [0.717, 1.165) is 0 Å². The summed E-state index contributed by atoms with van der Waals surface area (Å²) in [5.74, 6) is -2.93. The van der Waals surface area contributed by atoms with E-state index in [2.05, 4.69) is 16.9 Å². The Balaban J connectivity index is 1.64. The topological polar surface area (TPSA) is 46.4 Å². The molecule has 29 heavy (non-hydrogen) atoms. The van der Waals surface area contributed by atoms with Gasteiger partial charge in [-0.05, 0) is 29.3 Å². The number of hydrogen-bond donors (Lipinski definition) is 0. The predicted molar refractivity (Wildman–Crippen MR) is 96.0 cm³/mol. The highest BCUT2D eigenvalue weighted by Crippen LogP contribution is 2.51. The van der Waals surface area contributed by atoms with Gasteiger partial charge in [-0.15, -0.1) is 5.10 Å². The number of benzene rings is 1. The highest BCUT2D eigenvalue weighted by molar-refractivity contribution is 5.88. The summed E-state index contributed by atoms with van der Waals surface area (Å²) in [6.07, 6.45) is -2.45. The third-order valence-corrected chi connectivity index (χ3v) is 5.00. The molecule has 0 N–H and O–H groups in total. The molecule has 2 heterocycles. The van der Waals surface area contributed by atoms with E-state index in [-0.39, 0.29) is 31.0 Å². The van der Waals surface area contributed by atoms with Crippen molar-refractivity contribution < 1.29 is 31.4 Å². The molecular formula is C19H16F5N3O2. The molecular weight excluding hydrogens is 397 g/mol. The van der Waals surface area contributed by atoms with Gasteiger partial charge in [-0.2, -0.15) is 18.3 Å². The SMILES string of the molecule is C=N/N=C(/CC1CC1(F)F)N1C=CC(c2ccc3c(c2)OCO3)=C(C(F)(F)F)C1. The van der Waals surface area contributed by atoms with Crippen molar-refractivity contribution >= 4 is 18.1 Å². The Kier molecular flexibility index (Phi) is 4.59. The smallest absolute Gasteiger partial charge is 0.415 e. The van der Waals surface area contributed by atoms with E-state index < -0.39 is 30.1 Å². The first kappa shape index (κ1) is 19.4. The molecule has 0 radical (unpaired) electrons. The van der Waals surface area contributed by atoms with Gasteiger partial charge in [-0.25, -0.2) is 8.78 Å². The average molecular weight is 413 g/mol. The van der Waals surface area contributed by atoms with E-state index >= 15 is 0 Å². The van der Waals surface area contributed by atoms with Crippen LogP contribution in [0.15, 0.2) is 46.3 Å². The molecule has 0 amide bonds. The fraction of sp³-hybridized carbons (Fsp3) is 0.368. The van der Waals surface area contributed by atoms with Crippen LogP contribution >= 0.6 is 0 Å². The molecule has 1 fully saturated rings. The Morgan fingerprint density at radius 1 is 1.24 bits per heavy atom. The third kappa shape index (κ3) is 3.83. The zero-order chi connectivity index (χ0) is 20.8. The molecule has 1 aromatic carbocycles. The summed E-state index contributed by atoms with van der Waals surface area (Å²) in [7, 11) is 0. The van der Waals surface area contributed by atoms with E-state index in [9.17, 15) is 22.0 Å². The van der Waals surface area contributed by atoms with Crippen LogP contribution in [-0.4, -0.2) is 42.9 Å². The molecule has 1 aromatic rings. The van der Waals surface area contributed by atoms with Crippen molar-refractivity contribution in [2.24, 2.45) is 16.1 Å². The molecule has 1 saturated carbocycles. The summed E-state index contributed by atoms with van der Waals surface area (Å²) in [6.45, 7) is 2.62. The maximum atomic E-state index is 13.8. The molecule has 1 unspecified atom stereocenters. The summed E-state index contributed by atoms with van der Waals surface area (Å²) in [5, 5.41) is 7.03. The quantitative estimate of drug-likeness (QED) is 0.313. The van der Waals surface area contributed by atoms with Crippen LogP contribution in [0.4, 0.5) is 22.0 Å². The first-order valence-electron chi connectivity index (χ1n) is 8.74. The van der Waals surface area contributed by atoms with Gasteiger partial charge in [-0.1, -0.05) is 6.07 Å². The van der Waals surface area contributed by atoms with Gasteiger partial charge in [0, 0.05) is 31.7 Å². The minimum absolute atomic E-state index is 0.00770. The molecule has 4 rings (SSSR count). The normalized spacial score (nSPS) is 22.9. The molecule has 0 saturated heterocycles. The molecule has 0 bridgehead atoms. The number of fused-ring (bicyclic) bond motifs is 1. The number of amidine groups is 1. The number of allylic oxidation sites excluding steroid dienone is 2. The highest BCUT2D eigenvalue weighted by Gasteiger charge is 2.57. The molecule has 10 heteroatoms. The minimum Gasteiger partial charge on any atom is -0.454 e. The van der Waals surface area contributed by atoms with Crippen LogP contribution in [0.2, 0.25) is 0 Å². The molecule has 1 aliphatic carbocycles. The number of rotatable bonds is 4. The van der Waals surface area contributed by atoms with Crippen LogP contribution in [0.3, 0.4) is 0 Å². The van der Waals surface area contributed by atoms with E-state index in [0.29, 0.717) is 17.1 Å². The average Bonchev–Trinajstić information content (AvgIpc) is 3.04. The first-order valence-corrected chi connectivity index (χ1v) is 8.74. The van der Waals surface area contributed by atoms with Gasteiger partial charge in [0.25, 0.3) is 5.92 Å². The summed E-state index contributed by atoms with van der Waals surface area (Å²) in [4.78, 5) is 1.18. The van der Waals surface area contributed by atoms with Crippen LogP contribution in [0.1, 0.15) is 18.4 Å². The van der Waals surface area contributed by atoms with Crippen LogP contribution in [0.25, 0.3) is 5.57 Å². The Labute approximate surface area is 162 Å². The monoisotopic (exact) mass is 413 g/mol. The van der Waals surface area contributed by atoms with Crippen molar-refractivity contribution in [3.8, 4) is 11.5 Å². The van der Waals surface area contributed by atoms with E-state index in [1.54, 1.807) is 6.07 Å². The van der Waals surface area contributed by atoms with E-state index in [1.807, 2.05) is 0 Å². The molecule has 154 valence electrons. The van der Waals surface area contributed by atoms with Crippen molar-refractivity contribution in [1.29, 1.82) is 0 Å². The second-order valence-corrected chi connectivity index (χ2v) is 6.93. The highest BCUT2D eigenvalue weighted by atomic mass is 19.4. The molecule has 2 aliphatic heterocycles. The second-order valence-electron chi connectivity index (χ2n) is 6.93. The number of hydrogen-bond acceptors (Lipinski definition) is 4. The number of halogens is 5. The third-order valence-electron chi connectivity index (χ3n) is 5.00. The van der Waals surface area contributed by atoms with Crippen molar-refractivity contribution in [3.63, 3.8) is 0 Å². The van der Waals surface area contributed by atoms with Crippen LogP contribution in [-0.2, 0) is 0 Å². The van der Waals surface area contributed by atoms with Crippen molar-refractivity contribution in [2.75, 3.05) is 13.3 Å². The van der Waals surface area contributed by atoms with E-state index in [4.69, 9.17) is 9.47 Å². The van der Waals surface area contributed by atoms with Crippen molar-refractivity contribution in [3.05, 3.63) is 41.6 Å². The summed E-state index contributed by atoms with van der Waals surface area (Å²) >= 11 is 0. The van der Waals surface area contributed by atoms with Crippen molar-refractivity contribution in [2.45, 2.75) is 24.9 Å². The first-order chi connectivity index (χ1) is 13.7. The Hall–Kier alpha value is -2.91. The van der Waals surface area contributed by atoms with Crippen LogP contribution in [0, 0.1) is 5.92 Å². The maximum absolute atomic E-state index is 13.8. The lowest BCUT2D eigenvalue weighted by Crippen LogP contribution is -2.35. The Bertz CT molecular complexity index is 936. The van der Waals surface area contributed by atoms with Crippen LogP contribution in [0.5, 0.6) is 11.5 Å². The number of alkyl halides is 5. The predicted octanol–water partition coefficient (Wildman–Crippen LogP) is 4.62. The number of ether oxygens (including phenoxy) is 2. The van der Waals surface area contributed by atoms with Gasteiger partial charge in [-0.3, -0.25) is 0 Å². The molecule has 3 aliphatic rings. The number of nitrogens with zero attached hydrogens (tertiary/aromatic N) is 3. The van der Waals surface area contributed by atoms with Gasteiger partial charge in [0.2, 0.25) is 6.79 Å². The standard InChI is InChI=1S/C19H16F5N3O2/c1-25-26-17(7-12-8-18(12,20)21)27-5-4-13(14(9-27)19(22,23)24)11-2-3-15-16(6-11)29-10-28-15/h2-6,12H,1,7-10H2/b26-17-. The summed E-state index contributed by atoms with van der Waals surface area (Å²) < 4.78 is 78.4. The van der Waals surface area contributed by atoms with Gasteiger partial charge < -0.3 is 14.4 Å². The maximum Gasteiger partial charge on any atom is 0.415 e. The summed E-state index contributed by atoms with van der Waals surface area (Å²) in [6, 6.07) is 4.54. The molecule has 0 aromatic heterocycles. The molecule has 5 nitrogen and oxygen atoms in total. The second kappa shape index (κ2) is 6.85. The molecule has 1 atom stereocenters. The fourth-order valence-electron chi connectivity index (χ4n) is 3.34. The zero-order valence-corrected chi connectivity index (χ0v) is 15.0. The lowest BCUT2D eigenvalue weighted by molar-refractivity contribution is -0.0936. The lowest BCUT2D eigenvalue weighted by Gasteiger charge is -2.29. The minimum atomic E-state index is -4.63. The van der Waals surface area contributed by atoms with Gasteiger partial charge in [0.15, 0.2) is 11.5 Å². The van der Waals surface area contributed by atoms with Crippen LogP contribution < -0.4 is 9.47 Å². The fourth-order valence-corrected chi connectivity index (χ4v) is 3.34. The van der Waals surface area contributed by atoms with Crippen molar-refractivity contribution in [1.82, 2.24) is 4.90 Å². The van der Waals surface area contributed by atoms with Gasteiger partial charge in [0.1, 0.15) is 5.84 Å².